The van der Waals surface area contributed by atoms with E-state index in [1.54, 1.807) is 30.3 Å². The maximum Gasteiger partial charge on any atom is 0.343 e. The molecule has 11 heteroatoms. The van der Waals surface area contributed by atoms with E-state index in [1.807, 2.05) is 0 Å². The number of hydrogen-bond acceptors (Lipinski definition) is 7. The fourth-order valence-corrected chi connectivity index (χ4v) is 3.31. The van der Waals surface area contributed by atoms with Gasteiger partial charge in [0.25, 0.3) is 0 Å². The van der Waals surface area contributed by atoms with Crippen LogP contribution in [-0.4, -0.2) is 38.2 Å². The second-order valence-electron chi connectivity index (χ2n) is 6.84. The van der Waals surface area contributed by atoms with Crippen LogP contribution >= 0.6 is 23.2 Å². The van der Waals surface area contributed by atoms with E-state index in [9.17, 15) is 14.4 Å². The van der Waals surface area contributed by atoms with Crippen molar-refractivity contribution in [2.75, 3.05) is 19.5 Å². The van der Waals surface area contributed by atoms with Gasteiger partial charge >= 0.3 is 17.8 Å². The Bertz CT molecular complexity index is 1280. The number of hydrogen-bond donors (Lipinski definition) is 2. The predicted octanol–water partition coefficient (Wildman–Crippen LogP) is 4.32. The van der Waals surface area contributed by atoms with Crippen LogP contribution in [0.4, 0.5) is 5.69 Å². The van der Waals surface area contributed by atoms with E-state index in [1.165, 1.54) is 50.8 Å². The monoisotopic (exact) mass is 515 g/mol. The zero-order valence-electron chi connectivity index (χ0n) is 18.5. The van der Waals surface area contributed by atoms with Crippen LogP contribution in [0.25, 0.3) is 0 Å². The van der Waals surface area contributed by atoms with Crippen LogP contribution in [0.5, 0.6) is 17.2 Å². The molecule has 0 spiro atoms. The van der Waals surface area contributed by atoms with Gasteiger partial charge in [-0.05, 0) is 60.2 Å². The summed E-state index contributed by atoms with van der Waals surface area (Å²) in [6, 6.07) is 15.5. The fraction of sp³-hybridized carbons (Fsp3) is 0.0833. The third kappa shape index (κ3) is 7.20. The van der Waals surface area contributed by atoms with Gasteiger partial charge in [0, 0.05) is 15.7 Å². The van der Waals surface area contributed by atoms with Gasteiger partial charge < -0.3 is 19.5 Å². The second-order valence-corrected chi connectivity index (χ2v) is 7.72. The number of methoxy groups -OCH3 is 2. The van der Waals surface area contributed by atoms with Crippen LogP contribution in [0.1, 0.15) is 15.9 Å². The number of carbonyl (C=O) groups is 3. The second kappa shape index (κ2) is 11.9. The highest BCUT2D eigenvalue weighted by atomic mass is 35.5. The molecule has 0 saturated heterocycles. The van der Waals surface area contributed by atoms with Crippen molar-refractivity contribution in [1.29, 1.82) is 0 Å². The first-order chi connectivity index (χ1) is 16.8. The smallest absolute Gasteiger partial charge is 0.343 e. The minimum absolute atomic E-state index is 0.182. The maximum absolute atomic E-state index is 12.5. The van der Waals surface area contributed by atoms with Crippen molar-refractivity contribution in [2.24, 2.45) is 5.10 Å². The average molecular weight is 516 g/mol. The van der Waals surface area contributed by atoms with E-state index in [0.717, 1.165) is 0 Å². The number of ether oxygens (including phenoxy) is 3. The highest BCUT2D eigenvalue weighted by molar-refractivity contribution is 6.40. The number of esters is 1. The lowest BCUT2D eigenvalue weighted by Crippen LogP contribution is -2.32. The molecule has 0 fully saturated rings. The molecule has 0 bridgehead atoms. The highest BCUT2D eigenvalue weighted by Gasteiger charge is 2.15. The largest absolute Gasteiger partial charge is 0.497 e. The van der Waals surface area contributed by atoms with Gasteiger partial charge in [0.05, 0.1) is 26.0 Å². The Kier molecular flexibility index (Phi) is 8.66. The average Bonchev–Trinajstić information content (AvgIpc) is 2.84. The summed E-state index contributed by atoms with van der Waals surface area (Å²) < 4.78 is 15.8. The summed E-state index contributed by atoms with van der Waals surface area (Å²) in [4.78, 5) is 36.5. The molecule has 0 saturated carbocycles. The van der Waals surface area contributed by atoms with Gasteiger partial charge in [0.2, 0.25) is 0 Å². The standard InChI is InChI=1S/C24H19Cl2N3O6/c1-33-19-5-3-4-15(9-19)24(32)35-20-7-6-14(8-21(20)34-2)13-27-29-23(31)22(30)28-18-11-16(25)10-17(26)12-18/h3-13H,1-2H3,(H,28,30)(H,29,31). The molecule has 3 aromatic rings. The van der Waals surface area contributed by atoms with Gasteiger partial charge in [-0.2, -0.15) is 5.10 Å². The third-order valence-electron chi connectivity index (χ3n) is 4.40. The van der Waals surface area contributed by atoms with E-state index in [4.69, 9.17) is 37.4 Å². The SMILES string of the molecule is COc1cccc(C(=O)Oc2ccc(C=NNC(=O)C(=O)Nc3cc(Cl)cc(Cl)c3)cc2OC)c1. The Morgan fingerprint density at radius 3 is 2.29 bits per heavy atom. The van der Waals surface area contributed by atoms with Crippen LogP contribution in [-0.2, 0) is 9.59 Å². The Morgan fingerprint density at radius 2 is 1.60 bits per heavy atom. The van der Waals surface area contributed by atoms with Crippen molar-refractivity contribution in [3.05, 3.63) is 81.8 Å². The zero-order chi connectivity index (χ0) is 25.4. The molecular weight excluding hydrogens is 497 g/mol. The summed E-state index contributed by atoms with van der Waals surface area (Å²) in [6.45, 7) is 0. The van der Waals surface area contributed by atoms with Crippen molar-refractivity contribution < 1.29 is 28.6 Å². The minimum atomic E-state index is -1.01. The molecule has 0 unspecified atom stereocenters. The molecule has 0 aromatic heterocycles. The zero-order valence-corrected chi connectivity index (χ0v) is 20.0. The van der Waals surface area contributed by atoms with Crippen molar-refractivity contribution >= 4 is 52.9 Å². The topological polar surface area (TPSA) is 115 Å². The number of benzene rings is 3. The summed E-state index contributed by atoms with van der Waals surface area (Å²) in [5.41, 5.74) is 3.18. The van der Waals surface area contributed by atoms with Gasteiger partial charge in [0.15, 0.2) is 11.5 Å². The highest BCUT2D eigenvalue weighted by Crippen LogP contribution is 2.29. The van der Waals surface area contributed by atoms with E-state index in [-0.39, 0.29) is 17.2 Å². The maximum atomic E-state index is 12.5. The molecule has 35 heavy (non-hydrogen) atoms. The Hall–Kier alpha value is -4.08. The van der Waals surface area contributed by atoms with Gasteiger partial charge in [-0.3, -0.25) is 9.59 Å². The molecule has 0 aliphatic carbocycles. The number of rotatable bonds is 7. The Balaban J connectivity index is 1.62. The fourth-order valence-electron chi connectivity index (χ4n) is 2.79. The van der Waals surface area contributed by atoms with Gasteiger partial charge in [-0.1, -0.05) is 29.3 Å². The summed E-state index contributed by atoms with van der Waals surface area (Å²) in [5.74, 6) is -1.60. The molecule has 3 aromatic carbocycles. The third-order valence-corrected chi connectivity index (χ3v) is 4.84. The number of halogens is 2. The van der Waals surface area contributed by atoms with Gasteiger partial charge in [-0.25, -0.2) is 10.2 Å². The first-order valence-corrected chi connectivity index (χ1v) is 10.7. The molecule has 180 valence electrons. The molecule has 2 amide bonds. The molecule has 0 aliphatic heterocycles. The predicted molar refractivity (Wildman–Crippen MR) is 132 cm³/mol. The number of nitrogens with zero attached hydrogens (tertiary/aromatic N) is 1. The van der Waals surface area contributed by atoms with Crippen molar-refractivity contribution in [3.63, 3.8) is 0 Å². The molecule has 9 nitrogen and oxygen atoms in total. The van der Waals surface area contributed by atoms with Crippen molar-refractivity contribution in [1.82, 2.24) is 5.43 Å². The molecule has 3 rings (SSSR count). The van der Waals surface area contributed by atoms with Crippen LogP contribution < -0.4 is 25.0 Å². The summed E-state index contributed by atoms with van der Waals surface area (Å²) in [5, 5.41) is 6.73. The number of anilines is 1. The van der Waals surface area contributed by atoms with E-state index in [0.29, 0.717) is 26.9 Å². The minimum Gasteiger partial charge on any atom is -0.497 e. The number of hydrazone groups is 1. The molecule has 0 atom stereocenters. The summed E-state index contributed by atoms with van der Waals surface area (Å²) in [7, 11) is 2.91. The molecule has 0 heterocycles. The van der Waals surface area contributed by atoms with Crippen LogP contribution in [0.2, 0.25) is 10.0 Å². The number of nitrogens with one attached hydrogen (secondary N) is 2. The molecule has 0 radical (unpaired) electrons. The molecule has 2 N–H and O–H groups in total. The lowest BCUT2D eigenvalue weighted by Gasteiger charge is -2.10. The normalized spacial score (nSPS) is 10.5. The van der Waals surface area contributed by atoms with E-state index >= 15 is 0 Å². The quantitative estimate of drug-likeness (QED) is 0.159. The van der Waals surface area contributed by atoms with Crippen LogP contribution in [0.15, 0.2) is 65.8 Å². The Labute approximate surface area is 210 Å². The lowest BCUT2D eigenvalue weighted by atomic mass is 10.2. The first-order valence-electron chi connectivity index (χ1n) is 9.94. The molecule has 0 aliphatic rings. The first kappa shape index (κ1) is 25.5. The van der Waals surface area contributed by atoms with Gasteiger partial charge in [-0.15, -0.1) is 0 Å². The van der Waals surface area contributed by atoms with E-state index < -0.39 is 17.8 Å². The summed E-state index contributed by atoms with van der Waals surface area (Å²) in [6.07, 6.45) is 1.29. The van der Waals surface area contributed by atoms with Crippen LogP contribution in [0.3, 0.4) is 0 Å². The summed E-state index contributed by atoms with van der Waals surface area (Å²) >= 11 is 11.7. The molecular formula is C24H19Cl2N3O6. The number of amides is 2. The number of carbonyl (C=O) groups excluding carboxylic acids is 3. The van der Waals surface area contributed by atoms with Crippen molar-refractivity contribution in [3.8, 4) is 17.2 Å². The van der Waals surface area contributed by atoms with Crippen LogP contribution in [0, 0.1) is 0 Å². The van der Waals surface area contributed by atoms with Crippen molar-refractivity contribution in [2.45, 2.75) is 0 Å². The lowest BCUT2D eigenvalue weighted by molar-refractivity contribution is -0.136. The van der Waals surface area contributed by atoms with Gasteiger partial charge in [0.1, 0.15) is 5.75 Å². The van der Waals surface area contributed by atoms with E-state index in [2.05, 4.69) is 15.8 Å². The Morgan fingerprint density at radius 1 is 0.857 bits per heavy atom.